The molecule has 7 heteroatoms. The fraction of sp³-hybridized carbons (Fsp3) is 0. The van der Waals surface area contributed by atoms with Crippen LogP contribution in [0, 0.1) is 0 Å². The second kappa shape index (κ2) is 10.3. The summed E-state index contributed by atoms with van der Waals surface area (Å²) in [5.74, 6) is 0. The number of rotatable bonds is 0. The molecule has 58 valence electrons. The number of hydrogen-bond donors (Lipinski definition) is 2. The normalized spacial score (nSPS) is 5.56. The van der Waals surface area contributed by atoms with Gasteiger partial charge < -0.3 is 10.2 Å². The molecule has 0 atom stereocenters. The van der Waals surface area contributed by atoms with Crippen LogP contribution in [-0.4, -0.2) is 22.7 Å². The van der Waals surface area contributed by atoms with Crippen LogP contribution >= 0.6 is 0 Å². The zero-order valence-corrected chi connectivity index (χ0v) is 4.77. The first-order chi connectivity index (χ1) is 3.46. The smallest absolute Gasteiger partial charge is 0.456 e. The second-order valence-electron chi connectivity index (χ2n) is 0.506. The summed E-state index contributed by atoms with van der Waals surface area (Å²) < 4.78 is 19.8. The molecule has 0 aromatic heterocycles. The van der Waals surface area contributed by atoms with E-state index in [2.05, 4.69) is 0 Å². The van der Waals surface area contributed by atoms with Crippen molar-refractivity contribution in [3.63, 3.8) is 0 Å². The van der Waals surface area contributed by atoms with Crippen LogP contribution in [0.25, 0.3) is 0 Å². The predicted octanol–water partition coefficient (Wildman–Crippen LogP) is 1.27. The quantitative estimate of drug-likeness (QED) is 0.441. The van der Waals surface area contributed by atoms with E-state index in [9.17, 15) is 8.78 Å². The van der Waals surface area contributed by atoms with Gasteiger partial charge in [0.25, 0.3) is 0 Å². The van der Waals surface area contributed by atoms with Gasteiger partial charge >= 0.3 is 12.4 Å². The third kappa shape index (κ3) is 409. The minimum absolute atomic E-state index is 0. The summed E-state index contributed by atoms with van der Waals surface area (Å²) in [6.07, 6.45) is -4.67. The van der Waals surface area contributed by atoms with Gasteiger partial charge in [-0.3, -0.25) is 0 Å². The Balaban J connectivity index is -0.0000000720. The summed E-state index contributed by atoms with van der Waals surface area (Å²) in [5.41, 5.74) is 0. The van der Waals surface area contributed by atoms with Crippen molar-refractivity contribution in [3.8, 4) is 0 Å². The van der Waals surface area contributed by atoms with Crippen LogP contribution in [0.5, 0.6) is 0 Å². The van der Waals surface area contributed by atoms with Gasteiger partial charge in [-0.1, -0.05) is 0 Å². The molecule has 0 unspecified atom stereocenters. The van der Waals surface area contributed by atoms with Crippen LogP contribution in [0.15, 0.2) is 0 Å². The molecule has 0 aromatic carbocycles. The molecule has 0 aliphatic heterocycles. The van der Waals surface area contributed by atoms with Crippen LogP contribution < -0.4 is 0 Å². The maximum atomic E-state index is 9.92. The van der Waals surface area contributed by atoms with Gasteiger partial charge in [0.1, 0.15) is 0 Å². The summed E-state index contributed by atoms with van der Waals surface area (Å²) >= 11 is 0. The van der Waals surface area contributed by atoms with Gasteiger partial charge in [0.2, 0.25) is 0 Å². The molecule has 0 aliphatic rings. The largest absolute Gasteiger partial charge is 0.492 e. The van der Waals surface area contributed by atoms with Crippen molar-refractivity contribution in [1.82, 2.24) is 0 Å². The molecule has 0 radical (unpaired) electrons. The molecule has 0 aromatic rings. The molecule has 0 bridgehead atoms. The van der Waals surface area contributed by atoms with Crippen LogP contribution in [-0.2, 0) is 16.5 Å². The molecule has 4 nitrogen and oxygen atoms in total. The van der Waals surface area contributed by atoms with Crippen LogP contribution in [0.4, 0.5) is 18.4 Å². The summed E-state index contributed by atoms with van der Waals surface area (Å²) in [7, 11) is 0. The third-order valence-electron chi connectivity index (χ3n) is 0. The molecule has 0 rings (SSSR count). The standard InChI is InChI=1S/2CHFO2.Ni/c2*2-1(3)4;/h2*(H,3,4);. The summed E-state index contributed by atoms with van der Waals surface area (Å²) in [5, 5.41) is 13.5. The Morgan fingerprint density at radius 2 is 1.00 bits per heavy atom. The maximum Gasteiger partial charge on any atom is 0.492 e. The van der Waals surface area contributed by atoms with Crippen molar-refractivity contribution in [3.05, 3.63) is 0 Å². The van der Waals surface area contributed by atoms with E-state index in [-0.39, 0.29) is 16.5 Å². The number of carboxylic acid groups (broad SMARTS) is 2. The van der Waals surface area contributed by atoms with Gasteiger partial charge in [0.05, 0.1) is 0 Å². The van der Waals surface area contributed by atoms with Crippen LogP contribution in [0.3, 0.4) is 0 Å². The van der Waals surface area contributed by atoms with Gasteiger partial charge in [0.15, 0.2) is 0 Å². The Morgan fingerprint density at radius 1 is 1.00 bits per heavy atom. The van der Waals surface area contributed by atoms with E-state index in [0.717, 1.165) is 0 Å². The Hall–Kier alpha value is -0.706. The number of carbonyl (C=O) groups is 2. The average Bonchev–Trinajstić information content (AvgIpc) is 1.25. The Labute approximate surface area is 58.4 Å². The summed E-state index contributed by atoms with van der Waals surface area (Å²) in [6.45, 7) is 0. The first-order valence-electron chi connectivity index (χ1n) is 1.23. The molecule has 0 amide bonds. The van der Waals surface area contributed by atoms with Crippen molar-refractivity contribution in [2.75, 3.05) is 0 Å². The van der Waals surface area contributed by atoms with Crippen molar-refractivity contribution < 1.29 is 45.1 Å². The van der Waals surface area contributed by atoms with E-state index in [1.807, 2.05) is 0 Å². The summed E-state index contributed by atoms with van der Waals surface area (Å²) in [4.78, 5) is 16.7. The SMILES string of the molecule is O=C(O)F.O=C(O)F.[Ni]. The molecule has 2 N–H and O–H groups in total. The maximum absolute atomic E-state index is 9.92. The third-order valence-corrected chi connectivity index (χ3v) is 0. The number of hydrogen-bond acceptors (Lipinski definition) is 2. The fourth-order valence-electron chi connectivity index (χ4n) is 0. The molecular weight excluding hydrogens is 185 g/mol. The molecule has 0 fully saturated rings. The van der Waals surface area contributed by atoms with E-state index in [0.29, 0.717) is 0 Å². The Kier molecular flexibility index (Phi) is 18.0. The van der Waals surface area contributed by atoms with E-state index < -0.39 is 12.4 Å². The predicted molar refractivity (Wildman–Crippen MR) is 18.3 cm³/mol. The van der Waals surface area contributed by atoms with Crippen molar-refractivity contribution >= 4 is 12.4 Å². The molecule has 9 heavy (non-hydrogen) atoms. The van der Waals surface area contributed by atoms with Gasteiger partial charge in [0, 0.05) is 16.5 Å². The number of halogens is 2. The topological polar surface area (TPSA) is 74.6 Å². The molecular formula is C2H2F2NiO4. The zero-order chi connectivity index (χ0) is 7.15. The Morgan fingerprint density at radius 3 is 1.00 bits per heavy atom. The fourth-order valence-corrected chi connectivity index (χ4v) is 0. The van der Waals surface area contributed by atoms with Crippen molar-refractivity contribution in [2.45, 2.75) is 0 Å². The van der Waals surface area contributed by atoms with Crippen molar-refractivity contribution in [1.29, 1.82) is 0 Å². The van der Waals surface area contributed by atoms with Crippen molar-refractivity contribution in [2.24, 2.45) is 0 Å². The van der Waals surface area contributed by atoms with Gasteiger partial charge in [-0.2, -0.15) is 0 Å². The zero-order valence-electron chi connectivity index (χ0n) is 3.78. The van der Waals surface area contributed by atoms with E-state index in [1.54, 1.807) is 0 Å². The minimum atomic E-state index is -2.33. The van der Waals surface area contributed by atoms with Crippen LogP contribution in [0.2, 0.25) is 0 Å². The average molecular weight is 187 g/mol. The second-order valence-corrected chi connectivity index (χ2v) is 0.506. The Bertz CT molecular complexity index is 74.6. The van der Waals surface area contributed by atoms with Gasteiger partial charge in [-0.25, -0.2) is 9.59 Å². The monoisotopic (exact) mass is 186 g/mol. The molecule has 0 saturated heterocycles. The van der Waals surface area contributed by atoms with Crippen LogP contribution in [0.1, 0.15) is 0 Å². The van der Waals surface area contributed by atoms with E-state index in [1.165, 1.54) is 0 Å². The molecule has 0 aliphatic carbocycles. The molecule has 0 heterocycles. The van der Waals surface area contributed by atoms with E-state index >= 15 is 0 Å². The first-order valence-corrected chi connectivity index (χ1v) is 1.23. The first kappa shape index (κ1) is 15.7. The van der Waals surface area contributed by atoms with Gasteiger partial charge in [-0.05, 0) is 0 Å². The van der Waals surface area contributed by atoms with E-state index in [4.69, 9.17) is 19.8 Å². The molecule has 0 spiro atoms. The minimum Gasteiger partial charge on any atom is -0.456 e. The summed E-state index contributed by atoms with van der Waals surface area (Å²) in [6, 6.07) is 0. The molecule has 0 saturated carbocycles. The van der Waals surface area contributed by atoms with Gasteiger partial charge in [-0.15, -0.1) is 8.78 Å².